The lowest BCUT2D eigenvalue weighted by Gasteiger charge is -1.97. The first-order chi connectivity index (χ1) is 7.20. The van der Waals surface area contributed by atoms with Crippen molar-refractivity contribution >= 4 is 16.9 Å². The molecule has 0 fully saturated rings. The van der Waals surface area contributed by atoms with Crippen molar-refractivity contribution < 1.29 is 9.21 Å². The zero-order valence-electron chi connectivity index (χ0n) is 8.37. The Morgan fingerprint density at radius 3 is 3.00 bits per heavy atom. The van der Waals surface area contributed by atoms with E-state index in [0.717, 1.165) is 6.42 Å². The van der Waals surface area contributed by atoms with Crippen LogP contribution in [0.4, 0.5) is 0 Å². The third kappa shape index (κ3) is 1.83. The monoisotopic (exact) mass is 205 g/mol. The minimum absolute atomic E-state index is 0.0725. The van der Waals surface area contributed by atoms with Gasteiger partial charge in [-0.15, -0.1) is 0 Å². The van der Waals surface area contributed by atoms with Gasteiger partial charge in [0.05, 0.1) is 5.52 Å². The van der Waals surface area contributed by atoms with Gasteiger partial charge in [0.2, 0.25) is 0 Å². The molecule has 1 aromatic carbocycles. The third-order valence-electron chi connectivity index (χ3n) is 2.22. The van der Waals surface area contributed by atoms with Gasteiger partial charge in [0.25, 0.3) is 0 Å². The van der Waals surface area contributed by atoms with Crippen molar-refractivity contribution in [2.45, 2.75) is 19.8 Å². The van der Waals surface area contributed by atoms with Crippen LogP contribution in [0.25, 0.3) is 11.1 Å². The summed E-state index contributed by atoms with van der Waals surface area (Å²) in [6, 6.07) is 4.99. The maximum Gasteiger partial charge on any atom is 0.417 e. The largest absolute Gasteiger partial charge is 0.417 e. The summed E-state index contributed by atoms with van der Waals surface area (Å²) in [7, 11) is 0. The van der Waals surface area contributed by atoms with Gasteiger partial charge >= 0.3 is 5.76 Å². The number of nitrogens with one attached hydrogen (secondary N) is 1. The number of oxazole rings is 1. The van der Waals surface area contributed by atoms with Crippen molar-refractivity contribution in [3.8, 4) is 0 Å². The molecule has 0 unspecified atom stereocenters. The van der Waals surface area contributed by atoms with Crippen LogP contribution in [0.3, 0.4) is 0 Å². The van der Waals surface area contributed by atoms with Gasteiger partial charge < -0.3 is 4.42 Å². The summed E-state index contributed by atoms with van der Waals surface area (Å²) >= 11 is 0. The van der Waals surface area contributed by atoms with Crippen molar-refractivity contribution in [2.75, 3.05) is 0 Å². The first-order valence-electron chi connectivity index (χ1n) is 4.87. The Kier molecular flexibility index (Phi) is 2.41. The fourth-order valence-electron chi connectivity index (χ4n) is 1.49. The molecule has 0 aliphatic heterocycles. The highest BCUT2D eigenvalue weighted by Crippen LogP contribution is 2.14. The van der Waals surface area contributed by atoms with Gasteiger partial charge in [0.1, 0.15) is 0 Å². The number of carbonyl (C=O) groups excluding carboxylic acids is 1. The Bertz CT molecular complexity index is 550. The minimum Gasteiger partial charge on any atom is -0.408 e. The van der Waals surface area contributed by atoms with E-state index in [1.165, 1.54) is 0 Å². The van der Waals surface area contributed by atoms with Gasteiger partial charge in [-0.2, -0.15) is 0 Å². The number of rotatable bonds is 3. The Balaban J connectivity index is 2.46. The molecule has 0 saturated carbocycles. The molecule has 1 heterocycles. The standard InChI is InChI=1S/C11H11NO3/c1-2-3-9(13)7-4-5-8-10(6-7)15-11(14)12-8/h4-6H,2-3H2,1H3,(H,12,14). The lowest BCUT2D eigenvalue weighted by Crippen LogP contribution is -1.97. The molecular weight excluding hydrogens is 194 g/mol. The van der Waals surface area contributed by atoms with Crippen LogP contribution in [-0.4, -0.2) is 10.8 Å². The van der Waals surface area contributed by atoms with Gasteiger partial charge in [-0.25, -0.2) is 4.79 Å². The van der Waals surface area contributed by atoms with Crippen molar-refractivity contribution in [1.82, 2.24) is 4.98 Å². The number of Topliss-reactive ketones (excluding diaryl/α,β-unsaturated/α-hetero) is 1. The quantitative estimate of drug-likeness (QED) is 0.780. The van der Waals surface area contributed by atoms with E-state index >= 15 is 0 Å². The zero-order valence-corrected chi connectivity index (χ0v) is 8.37. The second-order valence-corrected chi connectivity index (χ2v) is 3.40. The lowest BCUT2D eigenvalue weighted by atomic mass is 10.1. The molecule has 0 amide bonds. The number of carbonyl (C=O) groups is 1. The van der Waals surface area contributed by atoms with Crippen LogP contribution in [0, 0.1) is 0 Å². The van der Waals surface area contributed by atoms with Crippen LogP contribution in [0.5, 0.6) is 0 Å². The molecule has 0 spiro atoms. The smallest absolute Gasteiger partial charge is 0.408 e. The van der Waals surface area contributed by atoms with Crippen LogP contribution in [0.1, 0.15) is 30.1 Å². The van der Waals surface area contributed by atoms with E-state index in [2.05, 4.69) is 4.98 Å². The second-order valence-electron chi connectivity index (χ2n) is 3.40. The van der Waals surface area contributed by atoms with Gasteiger partial charge in [-0.1, -0.05) is 6.92 Å². The Morgan fingerprint density at radius 1 is 1.47 bits per heavy atom. The number of fused-ring (bicyclic) bond motifs is 1. The first kappa shape index (κ1) is 9.71. The Morgan fingerprint density at radius 2 is 2.27 bits per heavy atom. The summed E-state index contributed by atoms with van der Waals surface area (Å²) in [5.74, 6) is -0.423. The van der Waals surface area contributed by atoms with E-state index in [9.17, 15) is 9.59 Å². The van der Waals surface area contributed by atoms with E-state index in [1.54, 1.807) is 18.2 Å². The molecule has 2 aromatic rings. The summed E-state index contributed by atoms with van der Waals surface area (Å²) in [6.07, 6.45) is 1.33. The molecule has 0 bridgehead atoms. The number of hydrogen-bond acceptors (Lipinski definition) is 3. The van der Waals surface area contributed by atoms with Crippen molar-refractivity contribution in [3.05, 3.63) is 34.3 Å². The molecule has 1 N–H and O–H groups in total. The van der Waals surface area contributed by atoms with Gasteiger partial charge in [0, 0.05) is 12.0 Å². The van der Waals surface area contributed by atoms with Crippen molar-refractivity contribution in [1.29, 1.82) is 0 Å². The molecule has 4 nitrogen and oxygen atoms in total. The highest BCUT2D eigenvalue weighted by atomic mass is 16.4. The highest BCUT2D eigenvalue weighted by Gasteiger charge is 2.07. The first-order valence-corrected chi connectivity index (χ1v) is 4.87. The van der Waals surface area contributed by atoms with Crippen LogP contribution in [0.15, 0.2) is 27.4 Å². The fraction of sp³-hybridized carbons (Fsp3) is 0.273. The SMILES string of the molecule is CCCC(=O)c1ccc2[nH]c(=O)oc2c1. The van der Waals surface area contributed by atoms with E-state index < -0.39 is 5.76 Å². The van der Waals surface area contributed by atoms with Crippen molar-refractivity contribution in [3.63, 3.8) is 0 Å². The van der Waals surface area contributed by atoms with Crippen LogP contribution in [0.2, 0.25) is 0 Å². The predicted octanol–water partition coefficient (Wildman–Crippen LogP) is 2.10. The van der Waals surface area contributed by atoms with Gasteiger partial charge in [0.15, 0.2) is 11.4 Å². The van der Waals surface area contributed by atoms with Gasteiger partial charge in [-0.05, 0) is 24.6 Å². The molecule has 0 atom stereocenters. The lowest BCUT2D eigenvalue weighted by molar-refractivity contribution is 0.0982. The molecule has 1 aromatic heterocycles. The number of H-pyrrole nitrogens is 1. The molecule has 0 saturated heterocycles. The Labute approximate surface area is 85.9 Å². The summed E-state index contributed by atoms with van der Waals surface area (Å²) in [5, 5.41) is 0. The average Bonchev–Trinajstić information content (AvgIpc) is 2.57. The van der Waals surface area contributed by atoms with Crippen molar-refractivity contribution in [2.24, 2.45) is 0 Å². The zero-order chi connectivity index (χ0) is 10.8. The Hall–Kier alpha value is -1.84. The summed E-state index contributed by atoms with van der Waals surface area (Å²) in [4.78, 5) is 25.0. The average molecular weight is 205 g/mol. The molecular formula is C11H11NO3. The normalized spacial score (nSPS) is 10.7. The number of aromatic nitrogens is 1. The third-order valence-corrected chi connectivity index (χ3v) is 2.22. The maximum atomic E-state index is 11.6. The molecule has 4 heteroatoms. The van der Waals surface area contributed by atoms with Crippen LogP contribution in [-0.2, 0) is 0 Å². The summed E-state index contributed by atoms with van der Waals surface area (Å²) < 4.78 is 4.87. The van der Waals surface area contributed by atoms with E-state index in [4.69, 9.17) is 4.42 Å². The fourth-order valence-corrected chi connectivity index (χ4v) is 1.49. The van der Waals surface area contributed by atoms with E-state index in [1.807, 2.05) is 6.92 Å². The second kappa shape index (κ2) is 3.73. The minimum atomic E-state index is -0.495. The number of hydrogen-bond donors (Lipinski definition) is 1. The molecule has 0 aliphatic rings. The van der Waals surface area contributed by atoms with Crippen LogP contribution >= 0.6 is 0 Å². The number of ketones is 1. The number of aromatic amines is 1. The predicted molar refractivity (Wildman–Crippen MR) is 56.1 cm³/mol. The number of benzene rings is 1. The van der Waals surface area contributed by atoms with E-state index in [-0.39, 0.29) is 5.78 Å². The van der Waals surface area contributed by atoms with Gasteiger partial charge in [-0.3, -0.25) is 9.78 Å². The summed E-state index contributed by atoms with van der Waals surface area (Å²) in [6.45, 7) is 1.95. The highest BCUT2D eigenvalue weighted by molar-refractivity contribution is 5.98. The maximum absolute atomic E-state index is 11.6. The molecule has 0 aliphatic carbocycles. The summed E-state index contributed by atoms with van der Waals surface area (Å²) in [5.41, 5.74) is 1.64. The molecule has 0 radical (unpaired) electrons. The van der Waals surface area contributed by atoms with E-state index in [0.29, 0.717) is 23.1 Å². The van der Waals surface area contributed by atoms with Crippen LogP contribution < -0.4 is 5.76 Å². The topological polar surface area (TPSA) is 63.1 Å². The molecule has 15 heavy (non-hydrogen) atoms. The molecule has 2 rings (SSSR count). The molecule has 78 valence electrons.